The van der Waals surface area contributed by atoms with E-state index in [1.54, 1.807) is 18.2 Å². The average molecular weight is 441 g/mol. The number of rotatable bonds is 4. The lowest BCUT2D eigenvalue weighted by molar-refractivity contribution is 0.101. The van der Waals surface area contributed by atoms with Crippen molar-refractivity contribution in [1.29, 1.82) is 0 Å². The molecule has 2 aromatic carbocycles. The van der Waals surface area contributed by atoms with Crippen molar-refractivity contribution in [1.82, 2.24) is 13.9 Å². The number of para-hydroxylation sites is 1. The molecule has 1 saturated heterocycles. The quantitative estimate of drug-likeness (QED) is 0.523. The lowest BCUT2D eigenvalue weighted by Gasteiger charge is -2.15. The topological polar surface area (TPSA) is 84.3 Å². The first kappa shape index (κ1) is 19.2. The number of hydrogen-bond donors (Lipinski definition) is 1. The van der Waals surface area contributed by atoms with Gasteiger partial charge < -0.3 is 4.57 Å². The number of nitrogens with zero attached hydrogens (tertiary/aromatic N) is 3. The summed E-state index contributed by atoms with van der Waals surface area (Å²) in [5.74, 6) is -0.252. The van der Waals surface area contributed by atoms with Gasteiger partial charge in [0.1, 0.15) is 5.69 Å². The van der Waals surface area contributed by atoms with Crippen LogP contribution < -0.4 is 5.32 Å². The van der Waals surface area contributed by atoms with Gasteiger partial charge in [-0.05, 0) is 43.2 Å². The molecule has 3 heterocycles. The number of fused-ring (bicyclic) bond motifs is 2. The number of anilines is 1. The summed E-state index contributed by atoms with van der Waals surface area (Å²) < 4.78 is 29.7. The molecule has 5 rings (SSSR count). The molecule has 9 heteroatoms. The fourth-order valence-corrected chi connectivity index (χ4v) is 6.38. The Kier molecular flexibility index (Phi) is 4.61. The number of sulfonamides is 1. The van der Waals surface area contributed by atoms with E-state index in [0.29, 0.717) is 29.4 Å². The molecule has 0 spiro atoms. The second-order valence-corrected chi connectivity index (χ2v) is 10.3. The van der Waals surface area contributed by atoms with E-state index in [1.807, 2.05) is 41.9 Å². The maximum atomic E-state index is 12.8. The van der Waals surface area contributed by atoms with Crippen molar-refractivity contribution >= 4 is 53.5 Å². The number of nitrogens with one attached hydrogen (secondary N) is 1. The molecule has 2 aromatic heterocycles. The second kappa shape index (κ2) is 7.19. The average Bonchev–Trinajstić information content (AvgIpc) is 3.46. The molecule has 1 N–H and O–H groups in total. The standard InChI is InChI=1S/C21H20N4O3S2/c1-24-17-7-3-2-6-14(17)12-18(24)20(26)23-21-22-16-9-8-15(13-19(16)29-21)30(27,28)25-10-4-5-11-25/h2-3,6-9,12-13H,4-5,10-11H2,1H3,(H,22,23,26). The van der Waals surface area contributed by atoms with E-state index in [4.69, 9.17) is 0 Å². The highest BCUT2D eigenvalue weighted by atomic mass is 32.2. The van der Waals surface area contributed by atoms with E-state index in [0.717, 1.165) is 28.4 Å². The maximum Gasteiger partial charge on any atom is 0.274 e. The van der Waals surface area contributed by atoms with Gasteiger partial charge in [0.25, 0.3) is 5.91 Å². The Balaban J connectivity index is 1.43. The summed E-state index contributed by atoms with van der Waals surface area (Å²) in [4.78, 5) is 17.5. The van der Waals surface area contributed by atoms with Crippen LogP contribution in [0.3, 0.4) is 0 Å². The van der Waals surface area contributed by atoms with Gasteiger partial charge in [-0.15, -0.1) is 0 Å². The minimum atomic E-state index is -3.49. The van der Waals surface area contributed by atoms with Crippen LogP contribution in [-0.2, 0) is 17.1 Å². The lowest BCUT2D eigenvalue weighted by Crippen LogP contribution is -2.27. The molecule has 0 unspecified atom stereocenters. The monoisotopic (exact) mass is 440 g/mol. The molecule has 1 amide bonds. The van der Waals surface area contributed by atoms with Crippen LogP contribution in [-0.4, -0.2) is 41.3 Å². The number of carbonyl (C=O) groups is 1. The van der Waals surface area contributed by atoms with Gasteiger partial charge in [-0.1, -0.05) is 29.5 Å². The Morgan fingerprint density at radius 3 is 2.63 bits per heavy atom. The van der Waals surface area contributed by atoms with Crippen LogP contribution in [0.5, 0.6) is 0 Å². The van der Waals surface area contributed by atoms with Crippen LogP contribution in [0.1, 0.15) is 23.3 Å². The van der Waals surface area contributed by atoms with Gasteiger partial charge in [0.2, 0.25) is 10.0 Å². The number of carbonyl (C=O) groups excluding carboxylic acids is 1. The van der Waals surface area contributed by atoms with Gasteiger partial charge in [-0.3, -0.25) is 10.1 Å². The second-order valence-electron chi connectivity index (χ2n) is 7.36. The fraction of sp³-hybridized carbons (Fsp3) is 0.238. The van der Waals surface area contributed by atoms with Gasteiger partial charge >= 0.3 is 0 Å². The van der Waals surface area contributed by atoms with Crippen molar-refractivity contribution in [2.75, 3.05) is 18.4 Å². The van der Waals surface area contributed by atoms with Crippen molar-refractivity contribution < 1.29 is 13.2 Å². The molecule has 7 nitrogen and oxygen atoms in total. The minimum Gasteiger partial charge on any atom is -0.340 e. The third-order valence-electron chi connectivity index (χ3n) is 5.47. The third kappa shape index (κ3) is 3.19. The van der Waals surface area contributed by atoms with E-state index in [-0.39, 0.29) is 10.8 Å². The highest BCUT2D eigenvalue weighted by molar-refractivity contribution is 7.89. The highest BCUT2D eigenvalue weighted by Crippen LogP contribution is 2.30. The van der Waals surface area contributed by atoms with Crippen molar-refractivity contribution in [2.24, 2.45) is 7.05 Å². The van der Waals surface area contributed by atoms with Crippen molar-refractivity contribution in [3.8, 4) is 0 Å². The Labute approximate surface area is 178 Å². The molecular formula is C21H20N4O3S2. The fourth-order valence-electron chi connectivity index (χ4n) is 3.86. The van der Waals surface area contributed by atoms with Crippen LogP contribution in [0.25, 0.3) is 21.1 Å². The zero-order valence-electron chi connectivity index (χ0n) is 16.3. The van der Waals surface area contributed by atoms with Gasteiger partial charge in [0.05, 0.1) is 15.1 Å². The van der Waals surface area contributed by atoms with E-state index >= 15 is 0 Å². The Hall–Kier alpha value is -2.75. The molecule has 30 heavy (non-hydrogen) atoms. The Morgan fingerprint density at radius 2 is 1.87 bits per heavy atom. The molecule has 154 valence electrons. The maximum absolute atomic E-state index is 12.8. The largest absolute Gasteiger partial charge is 0.340 e. The molecule has 0 radical (unpaired) electrons. The van der Waals surface area contributed by atoms with Crippen LogP contribution in [0.15, 0.2) is 53.4 Å². The van der Waals surface area contributed by atoms with Crippen LogP contribution in [0, 0.1) is 0 Å². The number of hydrogen-bond acceptors (Lipinski definition) is 5. The van der Waals surface area contributed by atoms with Crippen LogP contribution in [0.4, 0.5) is 5.13 Å². The number of thiazole rings is 1. The predicted octanol–water partition coefficient (Wildman–Crippen LogP) is 3.82. The summed E-state index contributed by atoms with van der Waals surface area (Å²) in [6.07, 6.45) is 1.79. The van der Waals surface area contributed by atoms with Gasteiger partial charge in [-0.2, -0.15) is 4.31 Å². The molecule has 0 aliphatic carbocycles. The molecule has 1 aliphatic rings. The smallest absolute Gasteiger partial charge is 0.274 e. The first-order valence-corrected chi connectivity index (χ1v) is 12.0. The molecule has 0 bridgehead atoms. The zero-order chi connectivity index (χ0) is 20.9. The lowest BCUT2D eigenvalue weighted by atomic mass is 10.2. The van der Waals surface area contributed by atoms with Gasteiger partial charge in [-0.25, -0.2) is 13.4 Å². The van der Waals surface area contributed by atoms with Crippen LogP contribution in [0.2, 0.25) is 0 Å². The molecule has 0 atom stereocenters. The van der Waals surface area contributed by atoms with E-state index in [2.05, 4.69) is 10.3 Å². The minimum absolute atomic E-state index is 0.252. The van der Waals surface area contributed by atoms with E-state index in [9.17, 15) is 13.2 Å². The summed E-state index contributed by atoms with van der Waals surface area (Å²) in [5, 5.41) is 4.28. The van der Waals surface area contributed by atoms with E-state index in [1.165, 1.54) is 15.6 Å². The predicted molar refractivity (Wildman–Crippen MR) is 118 cm³/mol. The van der Waals surface area contributed by atoms with Gasteiger partial charge in [0, 0.05) is 31.0 Å². The number of benzene rings is 2. The van der Waals surface area contributed by atoms with Crippen LogP contribution >= 0.6 is 11.3 Å². The summed E-state index contributed by atoms with van der Waals surface area (Å²) in [6, 6.07) is 14.6. The van der Waals surface area contributed by atoms with Crippen molar-refractivity contribution in [3.05, 3.63) is 54.2 Å². The number of amides is 1. The molecule has 1 fully saturated rings. The molecule has 1 aliphatic heterocycles. The first-order valence-electron chi connectivity index (χ1n) is 9.70. The summed E-state index contributed by atoms with van der Waals surface area (Å²) in [6.45, 7) is 1.13. The van der Waals surface area contributed by atoms with Crippen molar-refractivity contribution in [3.63, 3.8) is 0 Å². The number of aryl methyl sites for hydroxylation is 1. The summed E-state index contributed by atoms with van der Waals surface area (Å²) in [7, 11) is -1.63. The zero-order valence-corrected chi connectivity index (χ0v) is 18.0. The normalized spacial score (nSPS) is 15.2. The highest BCUT2D eigenvalue weighted by Gasteiger charge is 2.27. The first-order chi connectivity index (χ1) is 14.4. The van der Waals surface area contributed by atoms with Gasteiger partial charge in [0.15, 0.2) is 5.13 Å². The van der Waals surface area contributed by atoms with Crippen molar-refractivity contribution in [2.45, 2.75) is 17.7 Å². The molecule has 0 saturated carbocycles. The summed E-state index contributed by atoms with van der Waals surface area (Å²) >= 11 is 1.27. The SMILES string of the molecule is Cn1c(C(=O)Nc2nc3ccc(S(=O)(=O)N4CCCC4)cc3s2)cc2ccccc21. The molecular weight excluding hydrogens is 420 g/mol. The summed E-state index contributed by atoms with van der Waals surface area (Å²) in [5.41, 5.74) is 2.17. The molecule has 4 aromatic rings. The Bertz CT molecular complexity index is 1380. The third-order valence-corrected chi connectivity index (χ3v) is 8.30. The Morgan fingerprint density at radius 1 is 1.10 bits per heavy atom. The number of aromatic nitrogens is 2. The van der Waals surface area contributed by atoms with E-state index < -0.39 is 10.0 Å².